The van der Waals surface area contributed by atoms with Crippen LogP contribution in [0.5, 0.6) is 0 Å². The highest BCUT2D eigenvalue weighted by Crippen LogP contribution is 2.28. The number of nitrogens with one attached hydrogen (secondary N) is 1. The van der Waals surface area contributed by atoms with E-state index < -0.39 is 0 Å². The lowest BCUT2D eigenvalue weighted by atomic mass is 9.82. The Bertz CT molecular complexity index is 220. The highest BCUT2D eigenvalue weighted by Gasteiger charge is 2.25. The number of aliphatic hydroxyl groups excluding tert-OH is 1. The zero-order valence-electron chi connectivity index (χ0n) is 10.7. The normalized spacial score (nSPS) is 29.5. The summed E-state index contributed by atoms with van der Waals surface area (Å²) in [6.45, 7) is 5.96. The number of rotatable bonds is 4. The number of hydrogen-bond donors (Lipinski definition) is 2. The van der Waals surface area contributed by atoms with Crippen LogP contribution in [0, 0.1) is 11.8 Å². The Balaban J connectivity index is 2.29. The molecule has 1 saturated carbocycles. The van der Waals surface area contributed by atoms with Crippen molar-refractivity contribution in [1.82, 2.24) is 5.32 Å². The van der Waals surface area contributed by atoms with Gasteiger partial charge >= 0.3 is 0 Å². The van der Waals surface area contributed by atoms with Crippen LogP contribution >= 0.6 is 0 Å². The molecule has 1 aliphatic rings. The van der Waals surface area contributed by atoms with Gasteiger partial charge in [-0.1, -0.05) is 6.92 Å². The van der Waals surface area contributed by atoms with Crippen LogP contribution in [-0.4, -0.2) is 23.2 Å². The average Bonchev–Trinajstić information content (AvgIpc) is 2.16. The molecule has 16 heavy (non-hydrogen) atoms. The van der Waals surface area contributed by atoms with Crippen molar-refractivity contribution in [3.8, 4) is 0 Å². The van der Waals surface area contributed by atoms with E-state index in [9.17, 15) is 9.90 Å². The summed E-state index contributed by atoms with van der Waals surface area (Å²) in [5, 5.41) is 12.2. The van der Waals surface area contributed by atoms with Crippen molar-refractivity contribution in [2.45, 2.75) is 65.0 Å². The minimum Gasteiger partial charge on any atom is -0.393 e. The Morgan fingerprint density at radius 1 is 1.31 bits per heavy atom. The molecule has 1 rings (SSSR count). The van der Waals surface area contributed by atoms with Crippen LogP contribution in [0.2, 0.25) is 0 Å². The van der Waals surface area contributed by atoms with Crippen molar-refractivity contribution in [2.24, 2.45) is 11.8 Å². The van der Waals surface area contributed by atoms with Gasteiger partial charge in [0.1, 0.15) is 0 Å². The van der Waals surface area contributed by atoms with Crippen LogP contribution < -0.4 is 5.32 Å². The molecule has 0 aliphatic heterocycles. The second kappa shape index (κ2) is 6.24. The Kier molecular flexibility index (Phi) is 5.26. The first-order valence-electron chi connectivity index (χ1n) is 6.47. The molecule has 2 atom stereocenters. The van der Waals surface area contributed by atoms with E-state index in [2.05, 4.69) is 12.2 Å². The van der Waals surface area contributed by atoms with Gasteiger partial charge in [0, 0.05) is 12.0 Å². The number of amides is 1. The summed E-state index contributed by atoms with van der Waals surface area (Å²) < 4.78 is 0. The molecule has 0 spiro atoms. The Morgan fingerprint density at radius 2 is 1.88 bits per heavy atom. The predicted octanol–water partition coefficient (Wildman–Crippen LogP) is 2.09. The first kappa shape index (κ1) is 13.5. The molecule has 3 nitrogen and oxygen atoms in total. The summed E-state index contributed by atoms with van der Waals surface area (Å²) in [6, 6.07) is 0.0758. The molecule has 94 valence electrons. The highest BCUT2D eigenvalue weighted by atomic mass is 16.3. The lowest BCUT2D eigenvalue weighted by Crippen LogP contribution is -2.39. The smallest absolute Gasteiger partial charge is 0.223 e. The highest BCUT2D eigenvalue weighted by molar-refractivity contribution is 5.78. The Labute approximate surface area is 98.6 Å². The van der Waals surface area contributed by atoms with Crippen LogP contribution in [0.15, 0.2) is 0 Å². The zero-order valence-corrected chi connectivity index (χ0v) is 10.7. The van der Waals surface area contributed by atoms with Crippen molar-refractivity contribution in [3.63, 3.8) is 0 Å². The second-order valence-electron chi connectivity index (χ2n) is 5.45. The van der Waals surface area contributed by atoms with E-state index in [1.807, 2.05) is 6.92 Å². The van der Waals surface area contributed by atoms with Crippen LogP contribution in [0.25, 0.3) is 0 Å². The molecule has 1 aliphatic carbocycles. The Morgan fingerprint density at radius 3 is 2.38 bits per heavy atom. The van der Waals surface area contributed by atoms with Crippen LogP contribution in [-0.2, 0) is 4.79 Å². The molecule has 0 saturated heterocycles. The number of aliphatic hydroxyl groups is 1. The van der Waals surface area contributed by atoms with Gasteiger partial charge in [-0.2, -0.15) is 0 Å². The fraction of sp³-hybridized carbons (Fsp3) is 0.923. The number of carbonyl (C=O) groups is 1. The lowest BCUT2D eigenvalue weighted by Gasteiger charge is -2.26. The fourth-order valence-corrected chi connectivity index (χ4v) is 2.45. The van der Waals surface area contributed by atoms with Crippen LogP contribution in [0.1, 0.15) is 52.9 Å². The first-order valence-corrected chi connectivity index (χ1v) is 6.47. The van der Waals surface area contributed by atoms with Crippen molar-refractivity contribution in [1.29, 1.82) is 0 Å². The van der Waals surface area contributed by atoms with Gasteiger partial charge in [0.05, 0.1) is 6.10 Å². The van der Waals surface area contributed by atoms with Crippen molar-refractivity contribution >= 4 is 5.91 Å². The molecular formula is C13H25NO2. The SMILES string of the molecule is CC(O)CC(C)NC(=O)C1CCC(C)CC1. The molecule has 2 unspecified atom stereocenters. The molecule has 0 bridgehead atoms. The molecule has 1 amide bonds. The number of carbonyl (C=O) groups excluding carboxylic acids is 1. The van der Waals surface area contributed by atoms with E-state index in [4.69, 9.17) is 0 Å². The summed E-state index contributed by atoms with van der Waals surface area (Å²) in [5.74, 6) is 1.16. The predicted molar refractivity (Wildman–Crippen MR) is 65.0 cm³/mol. The van der Waals surface area contributed by atoms with Gasteiger partial charge in [0.25, 0.3) is 0 Å². The third-order valence-electron chi connectivity index (χ3n) is 3.47. The first-order chi connectivity index (χ1) is 7.49. The molecule has 0 aromatic rings. The van der Waals surface area contributed by atoms with E-state index in [0.717, 1.165) is 18.8 Å². The van der Waals surface area contributed by atoms with Gasteiger partial charge in [0.15, 0.2) is 0 Å². The third kappa shape index (κ3) is 4.52. The molecule has 0 radical (unpaired) electrons. The molecule has 0 heterocycles. The molecule has 2 N–H and O–H groups in total. The monoisotopic (exact) mass is 227 g/mol. The average molecular weight is 227 g/mol. The van der Waals surface area contributed by atoms with E-state index in [0.29, 0.717) is 6.42 Å². The van der Waals surface area contributed by atoms with Crippen molar-refractivity contribution in [2.75, 3.05) is 0 Å². The maximum Gasteiger partial charge on any atom is 0.223 e. The van der Waals surface area contributed by atoms with Crippen molar-refractivity contribution < 1.29 is 9.90 Å². The summed E-state index contributed by atoms with van der Waals surface area (Å²) >= 11 is 0. The standard InChI is InChI=1S/C13H25NO2/c1-9-4-6-12(7-5-9)13(16)14-10(2)8-11(3)15/h9-12,15H,4-8H2,1-3H3,(H,14,16). The van der Waals surface area contributed by atoms with Gasteiger partial charge in [-0.15, -0.1) is 0 Å². The second-order valence-corrected chi connectivity index (χ2v) is 5.45. The maximum atomic E-state index is 11.9. The molecular weight excluding hydrogens is 202 g/mol. The summed E-state index contributed by atoms with van der Waals surface area (Å²) in [5.41, 5.74) is 0. The maximum absolute atomic E-state index is 11.9. The number of hydrogen-bond acceptors (Lipinski definition) is 2. The third-order valence-corrected chi connectivity index (χ3v) is 3.47. The van der Waals surface area contributed by atoms with Crippen molar-refractivity contribution in [3.05, 3.63) is 0 Å². The topological polar surface area (TPSA) is 49.3 Å². The minimum atomic E-state index is -0.346. The van der Waals surface area contributed by atoms with Gasteiger partial charge < -0.3 is 10.4 Å². The van der Waals surface area contributed by atoms with E-state index in [1.54, 1.807) is 6.92 Å². The van der Waals surface area contributed by atoms with E-state index in [-0.39, 0.29) is 24.0 Å². The van der Waals surface area contributed by atoms with E-state index in [1.165, 1.54) is 12.8 Å². The summed E-state index contributed by atoms with van der Waals surface area (Å²) in [7, 11) is 0. The van der Waals surface area contributed by atoms with E-state index >= 15 is 0 Å². The largest absolute Gasteiger partial charge is 0.393 e. The molecule has 0 aromatic carbocycles. The zero-order chi connectivity index (χ0) is 12.1. The van der Waals surface area contributed by atoms with Gasteiger partial charge in [-0.05, 0) is 51.9 Å². The molecule has 1 fully saturated rings. The lowest BCUT2D eigenvalue weighted by molar-refractivity contribution is -0.126. The van der Waals surface area contributed by atoms with Crippen LogP contribution in [0.3, 0.4) is 0 Å². The van der Waals surface area contributed by atoms with Gasteiger partial charge in [0.2, 0.25) is 5.91 Å². The van der Waals surface area contributed by atoms with Gasteiger partial charge in [-0.25, -0.2) is 0 Å². The molecule has 0 aromatic heterocycles. The fourth-order valence-electron chi connectivity index (χ4n) is 2.45. The Hall–Kier alpha value is -0.570. The minimum absolute atomic E-state index is 0.0758. The van der Waals surface area contributed by atoms with Crippen LogP contribution in [0.4, 0.5) is 0 Å². The quantitative estimate of drug-likeness (QED) is 0.772. The summed E-state index contributed by atoms with van der Waals surface area (Å²) in [4.78, 5) is 11.9. The molecule has 3 heteroatoms. The van der Waals surface area contributed by atoms with Gasteiger partial charge in [-0.3, -0.25) is 4.79 Å². The summed E-state index contributed by atoms with van der Waals surface area (Å²) in [6.07, 6.45) is 4.67.